The summed E-state index contributed by atoms with van der Waals surface area (Å²) in [5, 5.41) is 4.55. The van der Waals surface area contributed by atoms with Crippen LogP contribution in [0.1, 0.15) is 31.2 Å². The van der Waals surface area contributed by atoms with Gasteiger partial charge in [-0.15, -0.1) is 0 Å². The number of hydrogen-bond acceptors (Lipinski definition) is 5. The number of rotatable bonds is 7. The topological polar surface area (TPSA) is 47.0 Å². The van der Waals surface area contributed by atoms with Crippen molar-refractivity contribution >= 4 is 11.8 Å². The largest absolute Gasteiger partial charge is 0.381 e. The standard InChI is InChI=1S/C15H25N3OS/c1-4-6-16-14(13-5-7-19-9-13)10-20-15-17-11(2)8-12(3)18-15/h8,13-14,16H,4-7,9-10H2,1-3H3. The van der Waals surface area contributed by atoms with Gasteiger partial charge in [-0.3, -0.25) is 0 Å². The average molecular weight is 295 g/mol. The lowest BCUT2D eigenvalue weighted by atomic mass is 10.0. The summed E-state index contributed by atoms with van der Waals surface area (Å²) in [6.45, 7) is 9.10. The highest BCUT2D eigenvalue weighted by Gasteiger charge is 2.25. The number of thioether (sulfide) groups is 1. The summed E-state index contributed by atoms with van der Waals surface area (Å²) in [7, 11) is 0. The van der Waals surface area contributed by atoms with Crippen molar-refractivity contribution in [3.63, 3.8) is 0 Å². The molecule has 2 atom stereocenters. The molecule has 1 aliphatic rings. The highest BCUT2D eigenvalue weighted by molar-refractivity contribution is 7.99. The van der Waals surface area contributed by atoms with E-state index in [0.29, 0.717) is 12.0 Å². The van der Waals surface area contributed by atoms with Gasteiger partial charge in [0.15, 0.2) is 5.16 Å². The Bertz CT molecular complexity index is 401. The molecule has 0 bridgehead atoms. The van der Waals surface area contributed by atoms with E-state index in [2.05, 4.69) is 22.2 Å². The Kier molecular flexibility index (Phi) is 6.26. The maximum absolute atomic E-state index is 5.53. The third-order valence-corrected chi connectivity index (χ3v) is 4.51. The van der Waals surface area contributed by atoms with Gasteiger partial charge in [-0.05, 0) is 39.3 Å². The van der Waals surface area contributed by atoms with E-state index in [4.69, 9.17) is 4.74 Å². The van der Waals surface area contributed by atoms with E-state index in [1.165, 1.54) is 0 Å². The summed E-state index contributed by atoms with van der Waals surface area (Å²) in [6, 6.07) is 2.51. The van der Waals surface area contributed by atoms with Crippen molar-refractivity contribution < 1.29 is 4.74 Å². The van der Waals surface area contributed by atoms with E-state index >= 15 is 0 Å². The minimum atomic E-state index is 0.492. The van der Waals surface area contributed by atoms with E-state index < -0.39 is 0 Å². The molecule has 1 N–H and O–H groups in total. The van der Waals surface area contributed by atoms with Gasteiger partial charge in [0.05, 0.1) is 6.61 Å². The van der Waals surface area contributed by atoms with Gasteiger partial charge in [0.25, 0.3) is 0 Å². The van der Waals surface area contributed by atoms with Gasteiger partial charge >= 0.3 is 0 Å². The summed E-state index contributed by atoms with van der Waals surface area (Å²) < 4.78 is 5.53. The molecule has 1 saturated heterocycles. The van der Waals surface area contributed by atoms with Crippen LogP contribution in [0.4, 0.5) is 0 Å². The molecule has 2 heterocycles. The minimum Gasteiger partial charge on any atom is -0.381 e. The zero-order valence-electron chi connectivity index (χ0n) is 12.7. The fourth-order valence-corrected chi connectivity index (χ4v) is 3.62. The first-order valence-corrected chi connectivity index (χ1v) is 8.43. The van der Waals surface area contributed by atoms with E-state index in [1.807, 2.05) is 19.9 Å². The second-order valence-corrected chi connectivity index (χ2v) is 6.42. The van der Waals surface area contributed by atoms with E-state index in [0.717, 1.165) is 54.9 Å². The van der Waals surface area contributed by atoms with Crippen LogP contribution in [0.15, 0.2) is 11.2 Å². The van der Waals surface area contributed by atoms with E-state index in [1.54, 1.807) is 11.8 Å². The lowest BCUT2D eigenvalue weighted by Gasteiger charge is -2.23. The first-order valence-electron chi connectivity index (χ1n) is 7.45. The van der Waals surface area contributed by atoms with Gasteiger partial charge in [0, 0.05) is 35.7 Å². The maximum Gasteiger partial charge on any atom is 0.188 e. The quantitative estimate of drug-likeness (QED) is 0.619. The SMILES string of the molecule is CCCNC(CSc1nc(C)cc(C)n1)C1CCOC1. The molecule has 0 aromatic carbocycles. The molecule has 0 aliphatic carbocycles. The van der Waals surface area contributed by atoms with E-state index in [-0.39, 0.29) is 0 Å². The Morgan fingerprint density at radius 1 is 1.40 bits per heavy atom. The molecular formula is C15H25N3OS. The summed E-state index contributed by atoms with van der Waals surface area (Å²) >= 11 is 1.75. The second kappa shape index (κ2) is 7.96. The van der Waals surface area contributed by atoms with Crippen LogP contribution in [-0.4, -0.2) is 41.5 Å². The smallest absolute Gasteiger partial charge is 0.188 e. The van der Waals surface area contributed by atoms with Gasteiger partial charge in [-0.25, -0.2) is 9.97 Å². The Balaban J connectivity index is 1.92. The molecule has 0 radical (unpaired) electrons. The zero-order valence-corrected chi connectivity index (χ0v) is 13.5. The van der Waals surface area contributed by atoms with Crippen molar-refractivity contribution in [3.05, 3.63) is 17.5 Å². The van der Waals surface area contributed by atoms with Crippen LogP contribution >= 0.6 is 11.8 Å². The van der Waals surface area contributed by atoms with Crippen molar-refractivity contribution in [3.8, 4) is 0 Å². The van der Waals surface area contributed by atoms with Crippen LogP contribution in [0.3, 0.4) is 0 Å². The number of aryl methyl sites for hydroxylation is 2. The Morgan fingerprint density at radius 2 is 2.15 bits per heavy atom. The monoisotopic (exact) mass is 295 g/mol. The number of ether oxygens (including phenoxy) is 1. The molecule has 20 heavy (non-hydrogen) atoms. The second-order valence-electron chi connectivity index (χ2n) is 5.43. The molecule has 2 rings (SSSR count). The molecule has 0 amide bonds. The van der Waals surface area contributed by atoms with Crippen LogP contribution in [0.2, 0.25) is 0 Å². The minimum absolute atomic E-state index is 0.492. The Labute approximate surface area is 126 Å². The van der Waals surface area contributed by atoms with Crippen molar-refractivity contribution in [2.45, 2.75) is 44.8 Å². The summed E-state index contributed by atoms with van der Waals surface area (Å²) in [5.41, 5.74) is 2.09. The van der Waals surface area contributed by atoms with Crippen LogP contribution < -0.4 is 5.32 Å². The number of nitrogens with one attached hydrogen (secondary N) is 1. The van der Waals surface area contributed by atoms with Crippen LogP contribution in [0.5, 0.6) is 0 Å². The third kappa shape index (κ3) is 4.72. The van der Waals surface area contributed by atoms with Gasteiger partial charge in [-0.1, -0.05) is 18.7 Å². The van der Waals surface area contributed by atoms with Gasteiger partial charge in [-0.2, -0.15) is 0 Å². The molecule has 1 aliphatic heterocycles. The van der Waals surface area contributed by atoms with Gasteiger partial charge in [0.2, 0.25) is 0 Å². The predicted molar refractivity (Wildman–Crippen MR) is 83.2 cm³/mol. The van der Waals surface area contributed by atoms with Gasteiger partial charge < -0.3 is 10.1 Å². The van der Waals surface area contributed by atoms with E-state index in [9.17, 15) is 0 Å². The number of hydrogen-bond donors (Lipinski definition) is 1. The molecule has 0 saturated carbocycles. The van der Waals surface area contributed by atoms with Crippen molar-refractivity contribution in [1.82, 2.24) is 15.3 Å². The Hall–Kier alpha value is -0.650. The van der Waals surface area contributed by atoms with Gasteiger partial charge in [0.1, 0.15) is 0 Å². The lowest BCUT2D eigenvalue weighted by molar-refractivity contribution is 0.179. The predicted octanol–water partition coefficient (Wildman–Crippen LogP) is 2.59. The number of nitrogens with zero attached hydrogens (tertiary/aromatic N) is 2. The molecule has 5 heteroatoms. The average Bonchev–Trinajstić information content (AvgIpc) is 2.91. The fraction of sp³-hybridized carbons (Fsp3) is 0.733. The first kappa shape index (κ1) is 15.7. The fourth-order valence-electron chi connectivity index (χ4n) is 2.48. The highest BCUT2D eigenvalue weighted by atomic mass is 32.2. The van der Waals surface area contributed by atoms with Crippen molar-refractivity contribution in [2.24, 2.45) is 5.92 Å². The summed E-state index contributed by atoms with van der Waals surface area (Å²) in [4.78, 5) is 9.01. The van der Waals surface area contributed by atoms with Crippen LogP contribution in [-0.2, 0) is 4.74 Å². The van der Waals surface area contributed by atoms with Crippen LogP contribution in [0.25, 0.3) is 0 Å². The molecule has 1 aromatic heterocycles. The molecule has 1 fully saturated rings. The molecule has 1 aromatic rings. The van der Waals surface area contributed by atoms with Crippen LogP contribution in [0, 0.1) is 19.8 Å². The third-order valence-electron chi connectivity index (χ3n) is 3.54. The molecule has 0 spiro atoms. The Morgan fingerprint density at radius 3 is 2.75 bits per heavy atom. The molecule has 4 nitrogen and oxygen atoms in total. The normalized spacial score (nSPS) is 20.2. The molecular weight excluding hydrogens is 270 g/mol. The number of aromatic nitrogens is 2. The highest BCUT2D eigenvalue weighted by Crippen LogP contribution is 2.23. The van der Waals surface area contributed by atoms with Crippen molar-refractivity contribution in [2.75, 3.05) is 25.5 Å². The van der Waals surface area contributed by atoms with Crippen molar-refractivity contribution in [1.29, 1.82) is 0 Å². The maximum atomic E-state index is 5.53. The lowest BCUT2D eigenvalue weighted by Crippen LogP contribution is -2.39. The molecule has 112 valence electrons. The first-order chi connectivity index (χ1) is 9.69. The zero-order chi connectivity index (χ0) is 14.4. The summed E-state index contributed by atoms with van der Waals surface area (Å²) in [5.74, 6) is 1.64. The molecule has 2 unspecified atom stereocenters. The summed E-state index contributed by atoms with van der Waals surface area (Å²) in [6.07, 6.45) is 2.32.